The van der Waals surface area contributed by atoms with Crippen LogP contribution < -0.4 is 0 Å². The van der Waals surface area contributed by atoms with E-state index in [4.69, 9.17) is 0 Å². The lowest BCUT2D eigenvalue weighted by molar-refractivity contribution is -0.142. The third kappa shape index (κ3) is 3.33. The first-order valence-corrected chi connectivity index (χ1v) is 9.47. The maximum absolute atomic E-state index is 12.8. The van der Waals surface area contributed by atoms with Crippen molar-refractivity contribution in [2.75, 3.05) is 13.7 Å². The van der Waals surface area contributed by atoms with Crippen molar-refractivity contribution in [3.63, 3.8) is 0 Å². The Balaban J connectivity index is 1.60. The molecule has 2 amide bonds. The second kappa shape index (κ2) is 7.49. The summed E-state index contributed by atoms with van der Waals surface area (Å²) in [7, 11) is 1.98. The minimum absolute atomic E-state index is 0.0197. The number of carbonyl (C=O) groups excluding carboxylic acids is 2. The Kier molecular flexibility index (Phi) is 4.90. The van der Waals surface area contributed by atoms with Crippen LogP contribution in [-0.4, -0.2) is 35.3 Å². The van der Waals surface area contributed by atoms with Crippen molar-refractivity contribution in [1.82, 2.24) is 9.80 Å². The number of benzene rings is 2. The van der Waals surface area contributed by atoms with Gasteiger partial charge in [-0.3, -0.25) is 19.4 Å². The second-order valence-corrected chi connectivity index (χ2v) is 7.38. The molecule has 2 aliphatic rings. The van der Waals surface area contributed by atoms with Crippen LogP contribution in [0.4, 0.5) is 0 Å². The standard InChI is InChI=1S/C23H24N2O2/c1-24(16-25-22(26)19-14-8-9-15-20(19)23(25)27)21(17-10-4-2-5-11-17)18-12-6-3-7-13-18/h2-13,19-21H,14-16H2,1H3. The molecule has 0 N–H and O–H groups in total. The van der Waals surface area contributed by atoms with E-state index in [0.29, 0.717) is 19.5 Å². The maximum Gasteiger partial charge on any atom is 0.234 e. The van der Waals surface area contributed by atoms with E-state index in [-0.39, 0.29) is 29.7 Å². The zero-order valence-electron chi connectivity index (χ0n) is 15.5. The lowest BCUT2D eigenvalue weighted by Crippen LogP contribution is -2.42. The van der Waals surface area contributed by atoms with E-state index in [0.717, 1.165) is 11.1 Å². The molecule has 1 fully saturated rings. The summed E-state index contributed by atoms with van der Waals surface area (Å²) in [6.07, 6.45) is 5.40. The summed E-state index contributed by atoms with van der Waals surface area (Å²) in [5.41, 5.74) is 2.29. The van der Waals surface area contributed by atoms with Crippen LogP contribution in [0.15, 0.2) is 72.8 Å². The average Bonchev–Trinajstić information content (AvgIpc) is 2.95. The Bertz CT molecular complexity index is 782. The van der Waals surface area contributed by atoms with Gasteiger partial charge in [-0.1, -0.05) is 72.8 Å². The minimum atomic E-state index is -0.178. The van der Waals surface area contributed by atoms with Gasteiger partial charge in [0.05, 0.1) is 24.5 Å². The van der Waals surface area contributed by atoms with Crippen LogP contribution in [0, 0.1) is 11.8 Å². The van der Waals surface area contributed by atoms with Crippen molar-refractivity contribution < 1.29 is 9.59 Å². The minimum Gasteiger partial charge on any atom is -0.277 e. The van der Waals surface area contributed by atoms with Gasteiger partial charge < -0.3 is 0 Å². The van der Waals surface area contributed by atoms with E-state index in [9.17, 15) is 9.59 Å². The Morgan fingerprint density at radius 2 is 1.30 bits per heavy atom. The molecule has 0 radical (unpaired) electrons. The number of imide groups is 1. The SMILES string of the molecule is CN(CN1C(=O)C2CC=CCC2C1=O)C(c1ccccc1)c1ccccc1. The Hall–Kier alpha value is -2.72. The van der Waals surface area contributed by atoms with E-state index in [2.05, 4.69) is 29.2 Å². The fourth-order valence-corrected chi connectivity index (χ4v) is 4.29. The smallest absolute Gasteiger partial charge is 0.234 e. The molecule has 2 atom stereocenters. The van der Waals surface area contributed by atoms with Crippen molar-refractivity contribution in [3.8, 4) is 0 Å². The predicted molar refractivity (Wildman–Crippen MR) is 105 cm³/mol. The lowest BCUT2D eigenvalue weighted by atomic mass is 9.85. The van der Waals surface area contributed by atoms with E-state index < -0.39 is 0 Å². The monoisotopic (exact) mass is 360 g/mol. The highest BCUT2D eigenvalue weighted by Gasteiger charge is 2.47. The Labute approximate surface area is 160 Å². The topological polar surface area (TPSA) is 40.6 Å². The molecule has 2 aromatic carbocycles. The summed E-state index contributed by atoms with van der Waals surface area (Å²) in [5, 5.41) is 0. The number of nitrogens with zero attached hydrogens (tertiary/aromatic N) is 2. The molecular weight excluding hydrogens is 336 g/mol. The summed E-state index contributed by atoms with van der Waals surface area (Å²) in [6, 6.07) is 20.4. The van der Waals surface area contributed by atoms with Crippen molar-refractivity contribution in [2.45, 2.75) is 18.9 Å². The summed E-state index contributed by atoms with van der Waals surface area (Å²) in [6.45, 7) is 0.305. The molecule has 1 saturated heterocycles. The summed E-state index contributed by atoms with van der Waals surface area (Å²) in [5.74, 6) is -0.409. The first-order valence-electron chi connectivity index (χ1n) is 9.47. The molecule has 1 aliphatic heterocycles. The van der Waals surface area contributed by atoms with Gasteiger partial charge in [-0.15, -0.1) is 0 Å². The number of hydrogen-bond acceptors (Lipinski definition) is 3. The molecule has 27 heavy (non-hydrogen) atoms. The van der Waals surface area contributed by atoms with Crippen LogP contribution in [0.2, 0.25) is 0 Å². The van der Waals surface area contributed by atoms with Gasteiger partial charge in [0.1, 0.15) is 0 Å². The van der Waals surface area contributed by atoms with E-state index in [1.54, 1.807) is 0 Å². The highest BCUT2D eigenvalue weighted by molar-refractivity contribution is 6.05. The van der Waals surface area contributed by atoms with Crippen LogP contribution in [0.1, 0.15) is 30.0 Å². The fourth-order valence-electron chi connectivity index (χ4n) is 4.29. The Morgan fingerprint density at radius 3 is 1.74 bits per heavy atom. The van der Waals surface area contributed by atoms with E-state index in [1.165, 1.54) is 4.90 Å². The molecule has 1 aliphatic carbocycles. The van der Waals surface area contributed by atoms with Crippen LogP contribution in [0.5, 0.6) is 0 Å². The molecule has 1 heterocycles. The highest BCUT2D eigenvalue weighted by atomic mass is 16.2. The molecule has 4 nitrogen and oxygen atoms in total. The molecule has 4 rings (SSSR count). The molecule has 0 bridgehead atoms. The number of rotatable bonds is 5. The van der Waals surface area contributed by atoms with Gasteiger partial charge in [0, 0.05) is 0 Å². The molecular formula is C23H24N2O2. The molecule has 138 valence electrons. The number of fused-ring (bicyclic) bond motifs is 1. The first kappa shape index (κ1) is 17.7. The van der Waals surface area contributed by atoms with Gasteiger partial charge in [-0.05, 0) is 31.0 Å². The largest absolute Gasteiger partial charge is 0.277 e. The molecule has 2 unspecified atom stereocenters. The van der Waals surface area contributed by atoms with Gasteiger partial charge in [0.25, 0.3) is 0 Å². The number of amides is 2. The van der Waals surface area contributed by atoms with Crippen molar-refractivity contribution in [2.24, 2.45) is 11.8 Å². The molecule has 4 heteroatoms. The van der Waals surface area contributed by atoms with E-state index in [1.807, 2.05) is 55.6 Å². The third-order valence-electron chi connectivity index (χ3n) is 5.63. The third-order valence-corrected chi connectivity index (χ3v) is 5.63. The van der Waals surface area contributed by atoms with Crippen LogP contribution in [0.3, 0.4) is 0 Å². The van der Waals surface area contributed by atoms with Crippen LogP contribution in [-0.2, 0) is 9.59 Å². The normalized spacial score (nSPS) is 22.0. The van der Waals surface area contributed by atoms with Crippen molar-refractivity contribution in [1.29, 1.82) is 0 Å². The lowest BCUT2D eigenvalue weighted by Gasteiger charge is -2.32. The molecule has 0 spiro atoms. The quantitative estimate of drug-likeness (QED) is 0.604. The van der Waals surface area contributed by atoms with Gasteiger partial charge in [-0.25, -0.2) is 0 Å². The number of carbonyl (C=O) groups is 2. The van der Waals surface area contributed by atoms with Gasteiger partial charge in [0.2, 0.25) is 11.8 Å². The van der Waals surface area contributed by atoms with Crippen molar-refractivity contribution >= 4 is 11.8 Å². The second-order valence-electron chi connectivity index (χ2n) is 7.38. The first-order chi connectivity index (χ1) is 13.2. The zero-order chi connectivity index (χ0) is 18.8. The number of allylic oxidation sites excluding steroid dienone is 2. The number of hydrogen-bond donors (Lipinski definition) is 0. The van der Waals surface area contributed by atoms with E-state index >= 15 is 0 Å². The maximum atomic E-state index is 12.8. The molecule has 0 saturated carbocycles. The zero-order valence-corrected chi connectivity index (χ0v) is 15.5. The van der Waals surface area contributed by atoms with Gasteiger partial charge in [-0.2, -0.15) is 0 Å². The van der Waals surface area contributed by atoms with Gasteiger partial charge >= 0.3 is 0 Å². The fraction of sp³-hybridized carbons (Fsp3) is 0.304. The predicted octanol–water partition coefficient (Wildman–Crippen LogP) is 3.62. The van der Waals surface area contributed by atoms with Crippen LogP contribution >= 0.6 is 0 Å². The Morgan fingerprint density at radius 1 is 0.852 bits per heavy atom. The molecule has 0 aromatic heterocycles. The molecule has 2 aromatic rings. The highest BCUT2D eigenvalue weighted by Crippen LogP contribution is 2.36. The summed E-state index contributed by atoms with van der Waals surface area (Å²) >= 11 is 0. The summed E-state index contributed by atoms with van der Waals surface area (Å²) < 4.78 is 0. The average molecular weight is 360 g/mol. The van der Waals surface area contributed by atoms with Crippen LogP contribution in [0.25, 0.3) is 0 Å². The van der Waals surface area contributed by atoms with Gasteiger partial charge in [0.15, 0.2) is 0 Å². The number of likely N-dealkylation sites (tertiary alicyclic amines) is 1. The van der Waals surface area contributed by atoms with Crippen molar-refractivity contribution in [3.05, 3.63) is 83.9 Å². The summed E-state index contributed by atoms with van der Waals surface area (Å²) in [4.78, 5) is 29.2.